The van der Waals surface area contributed by atoms with Gasteiger partial charge in [0.05, 0.1) is 18.4 Å². The minimum Gasteiger partial charge on any atom is -0.495 e. The number of anilines is 2. The number of halogens is 3. The van der Waals surface area contributed by atoms with E-state index >= 15 is 0 Å². The van der Waals surface area contributed by atoms with Gasteiger partial charge in [0, 0.05) is 31.9 Å². The second kappa shape index (κ2) is 8.04. The first-order valence-electron chi connectivity index (χ1n) is 8.49. The summed E-state index contributed by atoms with van der Waals surface area (Å²) in [6.45, 7) is 2.97. The Morgan fingerprint density at radius 3 is 2.22 bits per heavy atom. The highest BCUT2D eigenvalue weighted by Gasteiger charge is 2.30. The van der Waals surface area contributed by atoms with Crippen molar-refractivity contribution in [2.75, 3.05) is 43.5 Å². The van der Waals surface area contributed by atoms with Crippen molar-refractivity contribution in [1.82, 2.24) is 4.90 Å². The fraction of sp³-hybridized carbons (Fsp3) is 0.316. The number of thiocarbonyl (C=S) groups is 1. The summed E-state index contributed by atoms with van der Waals surface area (Å²) in [6.07, 6.45) is -4.34. The number of ether oxygens (including phenoxy) is 1. The van der Waals surface area contributed by atoms with Crippen molar-refractivity contribution in [2.45, 2.75) is 6.18 Å². The predicted octanol–water partition coefficient (Wildman–Crippen LogP) is 4.23. The Kier molecular flexibility index (Phi) is 5.74. The van der Waals surface area contributed by atoms with Gasteiger partial charge in [-0.1, -0.05) is 12.1 Å². The molecule has 1 N–H and O–H groups in total. The third kappa shape index (κ3) is 4.63. The van der Waals surface area contributed by atoms with E-state index in [2.05, 4.69) is 10.2 Å². The molecule has 3 rings (SSSR count). The van der Waals surface area contributed by atoms with Crippen LogP contribution >= 0.6 is 12.2 Å². The zero-order valence-corrected chi connectivity index (χ0v) is 15.6. The Hall–Kier alpha value is -2.48. The molecule has 8 heteroatoms. The van der Waals surface area contributed by atoms with Crippen LogP contribution in [-0.2, 0) is 6.18 Å². The minimum atomic E-state index is -4.34. The van der Waals surface area contributed by atoms with Crippen LogP contribution in [0.3, 0.4) is 0 Å². The van der Waals surface area contributed by atoms with Crippen molar-refractivity contribution in [3.05, 3.63) is 54.1 Å². The molecule has 2 aromatic rings. The molecular weight excluding hydrogens is 375 g/mol. The second-order valence-corrected chi connectivity index (χ2v) is 6.54. The largest absolute Gasteiger partial charge is 0.495 e. The zero-order chi connectivity index (χ0) is 19.4. The van der Waals surface area contributed by atoms with Crippen LogP contribution in [0, 0.1) is 0 Å². The molecule has 0 bridgehead atoms. The summed E-state index contributed by atoms with van der Waals surface area (Å²) in [7, 11) is 1.65. The van der Waals surface area contributed by atoms with E-state index in [1.807, 2.05) is 29.2 Å². The first-order valence-corrected chi connectivity index (χ1v) is 8.90. The molecule has 0 aromatic heterocycles. The lowest BCUT2D eigenvalue weighted by Crippen LogP contribution is -2.50. The molecule has 0 atom stereocenters. The standard InChI is InChI=1S/C19H20F3N3OS/c1-26-17-5-3-2-4-16(17)24-10-12-25(13-11-24)18(27)23-15-8-6-14(7-9-15)19(20,21)22/h2-9H,10-13H2,1H3,(H,23,27). The maximum absolute atomic E-state index is 12.6. The summed E-state index contributed by atoms with van der Waals surface area (Å²) in [6, 6.07) is 12.7. The molecule has 27 heavy (non-hydrogen) atoms. The second-order valence-electron chi connectivity index (χ2n) is 6.15. The Balaban J connectivity index is 1.57. The van der Waals surface area contributed by atoms with E-state index in [9.17, 15) is 13.2 Å². The molecule has 144 valence electrons. The van der Waals surface area contributed by atoms with Gasteiger partial charge in [0.1, 0.15) is 5.75 Å². The van der Waals surface area contributed by atoms with Crippen molar-refractivity contribution in [2.24, 2.45) is 0 Å². The molecule has 1 aliphatic rings. The van der Waals surface area contributed by atoms with Crippen LogP contribution in [0.5, 0.6) is 5.75 Å². The minimum absolute atomic E-state index is 0.509. The average Bonchev–Trinajstić information content (AvgIpc) is 2.68. The van der Waals surface area contributed by atoms with Gasteiger partial charge in [0.2, 0.25) is 0 Å². The van der Waals surface area contributed by atoms with Crippen molar-refractivity contribution in [3.8, 4) is 5.75 Å². The van der Waals surface area contributed by atoms with Gasteiger partial charge in [-0.2, -0.15) is 13.2 Å². The van der Waals surface area contributed by atoms with Crippen molar-refractivity contribution in [3.63, 3.8) is 0 Å². The average molecular weight is 395 g/mol. The molecule has 0 aliphatic carbocycles. The summed E-state index contributed by atoms with van der Waals surface area (Å²) < 4.78 is 43.3. The first kappa shape index (κ1) is 19.3. The van der Waals surface area contributed by atoms with Crippen LogP contribution in [0.25, 0.3) is 0 Å². The Morgan fingerprint density at radius 1 is 1.00 bits per heavy atom. The van der Waals surface area contributed by atoms with Gasteiger partial charge in [-0.05, 0) is 48.6 Å². The SMILES string of the molecule is COc1ccccc1N1CCN(C(=S)Nc2ccc(C(F)(F)F)cc2)CC1. The normalized spacial score (nSPS) is 14.8. The van der Waals surface area contributed by atoms with E-state index in [1.54, 1.807) is 7.11 Å². The van der Waals surface area contributed by atoms with Crippen LogP contribution in [0.15, 0.2) is 48.5 Å². The van der Waals surface area contributed by atoms with Gasteiger partial charge in [0.25, 0.3) is 0 Å². The molecule has 1 fully saturated rings. The number of hydrogen-bond donors (Lipinski definition) is 1. The van der Waals surface area contributed by atoms with Crippen molar-refractivity contribution >= 4 is 28.7 Å². The van der Waals surface area contributed by atoms with Crippen LogP contribution in [0.1, 0.15) is 5.56 Å². The Bertz CT molecular complexity index is 788. The van der Waals surface area contributed by atoms with Gasteiger partial charge in [0.15, 0.2) is 5.11 Å². The van der Waals surface area contributed by atoms with Crippen molar-refractivity contribution < 1.29 is 17.9 Å². The number of nitrogens with one attached hydrogen (secondary N) is 1. The number of methoxy groups -OCH3 is 1. The van der Waals surface area contributed by atoms with Gasteiger partial charge in [-0.15, -0.1) is 0 Å². The summed E-state index contributed by atoms with van der Waals surface area (Å²) in [5.74, 6) is 0.830. The van der Waals surface area contributed by atoms with Crippen LogP contribution in [-0.4, -0.2) is 43.3 Å². The Morgan fingerprint density at radius 2 is 1.63 bits per heavy atom. The number of rotatable bonds is 3. The van der Waals surface area contributed by atoms with E-state index in [4.69, 9.17) is 17.0 Å². The molecule has 0 spiro atoms. The molecule has 1 aliphatic heterocycles. The van der Waals surface area contributed by atoms with E-state index in [0.717, 1.165) is 36.7 Å². The summed E-state index contributed by atoms with van der Waals surface area (Å²) >= 11 is 5.42. The molecule has 2 aromatic carbocycles. The number of piperazine rings is 1. The molecule has 4 nitrogen and oxygen atoms in total. The van der Waals surface area contributed by atoms with Crippen molar-refractivity contribution in [1.29, 1.82) is 0 Å². The topological polar surface area (TPSA) is 27.7 Å². The lowest BCUT2D eigenvalue weighted by molar-refractivity contribution is -0.137. The highest BCUT2D eigenvalue weighted by Crippen LogP contribution is 2.30. The number of nitrogens with zero attached hydrogens (tertiary/aromatic N) is 2. The Labute approximate surface area is 161 Å². The number of benzene rings is 2. The molecule has 0 radical (unpaired) electrons. The highest BCUT2D eigenvalue weighted by atomic mass is 32.1. The van der Waals surface area contributed by atoms with Gasteiger partial charge >= 0.3 is 6.18 Å². The summed E-state index contributed by atoms with van der Waals surface area (Å²) in [4.78, 5) is 4.25. The number of para-hydroxylation sites is 2. The van der Waals surface area contributed by atoms with E-state index in [0.29, 0.717) is 23.9 Å². The maximum Gasteiger partial charge on any atom is 0.416 e. The van der Waals surface area contributed by atoms with E-state index in [1.165, 1.54) is 12.1 Å². The van der Waals surface area contributed by atoms with Gasteiger partial charge in [-0.3, -0.25) is 0 Å². The number of hydrogen-bond acceptors (Lipinski definition) is 3. The molecular formula is C19H20F3N3OS. The molecule has 1 saturated heterocycles. The van der Waals surface area contributed by atoms with Crippen LogP contribution in [0.4, 0.5) is 24.5 Å². The molecule has 0 saturated carbocycles. The fourth-order valence-electron chi connectivity index (χ4n) is 2.99. The van der Waals surface area contributed by atoms with E-state index in [-0.39, 0.29) is 0 Å². The first-order chi connectivity index (χ1) is 12.9. The lowest BCUT2D eigenvalue weighted by Gasteiger charge is -2.37. The smallest absolute Gasteiger partial charge is 0.416 e. The van der Waals surface area contributed by atoms with E-state index < -0.39 is 11.7 Å². The highest BCUT2D eigenvalue weighted by molar-refractivity contribution is 7.80. The summed E-state index contributed by atoms with van der Waals surface area (Å²) in [5.41, 5.74) is 0.908. The molecule has 1 heterocycles. The monoisotopic (exact) mass is 395 g/mol. The fourth-order valence-corrected chi connectivity index (χ4v) is 3.29. The number of alkyl halides is 3. The maximum atomic E-state index is 12.6. The molecule has 0 unspecified atom stereocenters. The third-order valence-corrected chi connectivity index (χ3v) is 4.82. The lowest BCUT2D eigenvalue weighted by atomic mass is 10.2. The molecule has 0 amide bonds. The predicted molar refractivity (Wildman–Crippen MR) is 104 cm³/mol. The summed E-state index contributed by atoms with van der Waals surface area (Å²) in [5, 5.41) is 3.52. The van der Waals surface area contributed by atoms with Gasteiger partial charge in [-0.25, -0.2) is 0 Å². The quantitative estimate of drug-likeness (QED) is 0.785. The third-order valence-electron chi connectivity index (χ3n) is 4.46. The zero-order valence-electron chi connectivity index (χ0n) is 14.8. The van der Waals surface area contributed by atoms with Crippen LogP contribution in [0.2, 0.25) is 0 Å². The van der Waals surface area contributed by atoms with Gasteiger partial charge < -0.3 is 19.9 Å². The van der Waals surface area contributed by atoms with Crippen LogP contribution < -0.4 is 15.0 Å².